The number of aromatic nitrogens is 2. The number of nitrogens with zero attached hydrogens (tertiary/aromatic N) is 3. The summed E-state index contributed by atoms with van der Waals surface area (Å²) in [5.74, 6) is -0.0755. The van der Waals surface area contributed by atoms with Crippen molar-refractivity contribution >= 4 is 23.6 Å². The molecule has 2 amide bonds. The number of para-hydroxylation sites is 2. The molecule has 1 saturated heterocycles. The minimum atomic E-state index is -0.0724. The van der Waals surface area contributed by atoms with Crippen LogP contribution in [0.15, 0.2) is 66.7 Å². The Morgan fingerprint density at radius 2 is 1.59 bits per heavy atom. The zero-order valence-corrected chi connectivity index (χ0v) is 18.5. The van der Waals surface area contributed by atoms with E-state index in [1.165, 1.54) is 0 Å². The molecule has 1 aliphatic rings. The Balaban J connectivity index is 1.35. The van der Waals surface area contributed by atoms with Gasteiger partial charge >= 0.3 is 0 Å². The third kappa shape index (κ3) is 4.80. The van der Waals surface area contributed by atoms with E-state index in [1.54, 1.807) is 6.08 Å². The number of hydrogen-bond donors (Lipinski definition) is 1. The standard InChI is InChI=1S/C26H28N4O2/c1-19-24(20(2)30(28-19)23-11-7-4-8-12-23)13-14-25(31)29-17-15-21(16-18-29)26(32)27-22-9-5-3-6-10-22/h3-14,21H,15-18H2,1-2H3,(H,27,32)/b14-13+. The number of likely N-dealkylation sites (tertiary alicyclic amines) is 1. The lowest BCUT2D eigenvalue weighted by atomic mass is 9.95. The number of anilines is 1. The van der Waals surface area contributed by atoms with E-state index in [-0.39, 0.29) is 17.7 Å². The lowest BCUT2D eigenvalue weighted by Crippen LogP contribution is -2.40. The largest absolute Gasteiger partial charge is 0.339 e. The molecule has 0 radical (unpaired) electrons. The first kappa shape index (κ1) is 21.6. The second-order valence-corrected chi connectivity index (χ2v) is 8.12. The highest BCUT2D eigenvalue weighted by molar-refractivity contribution is 5.94. The minimum absolute atomic E-state index is 0.0263. The second kappa shape index (κ2) is 9.64. The molecule has 4 rings (SSSR count). The van der Waals surface area contributed by atoms with Gasteiger partial charge in [-0.2, -0.15) is 5.10 Å². The number of hydrogen-bond acceptors (Lipinski definition) is 3. The molecule has 2 aromatic carbocycles. The fraction of sp³-hybridized carbons (Fsp3) is 0.269. The van der Waals surface area contributed by atoms with E-state index in [1.807, 2.05) is 90.2 Å². The fourth-order valence-electron chi connectivity index (χ4n) is 4.10. The molecule has 1 fully saturated rings. The van der Waals surface area contributed by atoms with Crippen molar-refractivity contribution in [3.05, 3.63) is 83.7 Å². The summed E-state index contributed by atoms with van der Waals surface area (Å²) in [6, 6.07) is 19.4. The summed E-state index contributed by atoms with van der Waals surface area (Å²) in [4.78, 5) is 27.1. The summed E-state index contributed by atoms with van der Waals surface area (Å²) < 4.78 is 1.90. The minimum Gasteiger partial charge on any atom is -0.339 e. The summed E-state index contributed by atoms with van der Waals surface area (Å²) in [7, 11) is 0. The summed E-state index contributed by atoms with van der Waals surface area (Å²) in [6.07, 6.45) is 4.81. The van der Waals surface area contributed by atoms with Crippen molar-refractivity contribution in [1.29, 1.82) is 0 Å². The zero-order valence-electron chi connectivity index (χ0n) is 18.5. The predicted octanol–water partition coefficient (Wildman–Crippen LogP) is 4.38. The summed E-state index contributed by atoms with van der Waals surface area (Å²) >= 11 is 0. The Morgan fingerprint density at radius 3 is 2.25 bits per heavy atom. The maximum atomic E-state index is 12.7. The lowest BCUT2D eigenvalue weighted by Gasteiger charge is -2.30. The molecule has 164 valence electrons. The van der Waals surface area contributed by atoms with Crippen LogP contribution in [0.3, 0.4) is 0 Å². The summed E-state index contributed by atoms with van der Waals surface area (Å²) in [5.41, 5.74) is 4.63. The first-order valence-electron chi connectivity index (χ1n) is 11.0. The average molecular weight is 429 g/mol. The van der Waals surface area contributed by atoms with Crippen molar-refractivity contribution < 1.29 is 9.59 Å². The molecule has 0 bridgehead atoms. The van der Waals surface area contributed by atoms with Crippen molar-refractivity contribution in [3.63, 3.8) is 0 Å². The number of rotatable bonds is 5. The van der Waals surface area contributed by atoms with Crippen molar-refractivity contribution in [2.24, 2.45) is 5.92 Å². The van der Waals surface area contributed by atoms with Gasteiger partial charge in [0.05, 0.1) is 11.4 Å². The monoisotopic (exact) mass is 428 g/mol. The predicted molar refractivity (Wildman–Crippen MR) is 126 cm³/mol. The van der Waals surface area contributed by atoms with E-state index in [9.17, 15) is 9.59 Å². The number of benzene rings is 2. The molecule has 3 aromatic rings. The van der Waals surface area contributed by atoms with Gasteiger partial charge in [-0.3, -0.25) is 9.59 Å². The molecule has 6 heteroatoms. The quantitative estimate of drug-likeness (QED) is 0.613. The summed E-state index contributed by atoms with van der Waals surface area (Å²) in [5, 5.41) is 7.60. The Kier molecular flexibility index (Phi) is 6.50. The van der Waals surface area contributed by atoms with Gasteiger partial charge in [0, 0.05) is 42.0 Å². The second-order valence-electron chi connectivity index (χ2n) is 8.12. The van der Waals surface area contributed by atoms with Gasteiger partial charge in [0.25, 0.3) is 0 Å². The van der Waals surface area contributed by atoms with Crippen LogP contribution >= 0.6 is 0 Å². The number of piperidine rings is 1. The molecule has 0 unspecified atom stereocenters. The van der Waals surface area contributed by atoms with E-state index >= 15 is 0 Å². The van der Waals surface area contributed by atoms with Crippen molar-refractivity contribution in [2.45, 2.75) is 26.7 Å². The van der Waals surface area contributed by atoms with E-state index in [2.05, 4.69) is 10.4 Å². The van der Waals surface area contributed by atoms with Crippen molar-refractivity contribution in [3.8, 4) is 5.69 Å². The number of carbonyl (C=O) groups is 2. The third-order valence-electron chi connectivity index (χ3n) is 5.96. The molecule has 6 nitrogen and oxygen atoms in total. The van der Waals surface area contributed by atoms with Gasteiger partial charge in [0.2, 0.25) is 11.8 Å². The molecule has 0 atom stereocenters. The highest BCUT2D eigenvalue weighted by Gasteiger charge is 2.26. The Morgan fingerprint density at radius 1 is 0.969 bits per heavy atom. The van der Waals surface area contributed by atoms with Crippen LogP contribution in [-0.2, 0) is 9.59 Å². The van der Waals surface area contributed by atoms with E-state index in [4.69, 9.17) is 0 Å². The van der Waals surface area contributed by atoms with E-state index < -0.39 is 0 Å². The number of nitrogens with one attached hydrogen (secondary N) is 1. The molecule has 0 aliphatic carbocycles. The van der Waals surface area contributed by atoms with Crippen LogP contribution in [0.2, 0.25) is 0 Å². The maximum absolute atomic E-state index is 12.7. The lowest BCUT2D eigenvalue weighted by molar-refractivity contribution is -0.130. The van der Waals surface area contributed by atoms with Gasteiger partial charge in [-0.25, -0.2) is 4.68 Å². The Bertz CT molecular complexity index is 1110. The summed E-state index contributed by atoms with van der Waals surface area (Å²) in [6.45, 7) is 5.12. The molecule has 1 N–H and O–H groups in total. The van der Waals surface area contributed by atoms with Crippen LogP contribution in [0.1, 0.15) is 29.8 Å². The van der Waals surface area contributed by atoms with Crippen LogP contribution in [-0.4, -0.2) is 39.6 Å². The van der Waals surface area contributed by atoms with Gasteiger partial charge in [-0.05, 0) is 57.0 Å². The SMILES string of the molecule is Cc1nn(-c2ccccc2)c(C)c1/C=C/C(=O)N1CCC(C(=O)Nc2ccccc2)CC1. The van der Waals surface area contributed by atoms with Crippen LogP contribution < -0.4 is 5.32 Å². The first-order chi connectivity index (χ1) is 15.5. The Hall–Kier alpha value is -3.67. The van der Waals surface area contributed by atoms with E-state index in [0.29, 0.717) is 25.9 Å². The smallest absolute Gasteiger partial charge is 0.246 e. The number of carbonyl (C=O) groups excluding carboxylic acids is 2. The highest BCUT2D eigenvalue weighted by atomic mass is 16.2. The number of amides is 2. The molecule has 2 heterocycles. The molecule has 32 heavy (non-hydrogen) atoms. The molecule has 0 saturated carbocycles. The Labute approximate surface area is 188 Å². The molecular formula is C26H28N4O2. The molecular weight excluding hydrogens is 400 g/mol. The topological polar surface area (TPSA) is 67.2 Å². The zero-order chi connectivity index (χ0) is 22.5. The van der Waals surface area contributed by atoms with Gasteiger partial charge in [0.1, 0.15) is 0 Å². The molecule has 1 aliphatic heterocycles. The van der Waals surface area contributed by atoms with Gasteiger partial charge in [-0.1, -0.05) is 36.4 Å². The van der Waals surface area contributed by atoms with Crippen molar-refractivity contribution in [2.75, 3.05) is 18.4 Å². The third-order valence-corrected chi connectivity index (χ3v) is 5.96. The first-order valence-corrected chi connectivity index (χ1v) is 11.0. The van der Waals surface area contributed by atoms with Crippen LogP contribution in [0.25, 0.3) is 11.8 Å². The normalized spacial score (nSPS) is 14.6. The van der Waals surface area contributed by atoms with Gasteiger partial charge in [-0.15, -0.1) is 0 Å². The number of aryl methyl sites for hydroxylation is 1. The maximum Gasteiger partial charge on any atom is 0.246 e. The molecule has 0 spiro atoms. The van der Waals surface area contributed by atoms with Gasteiger partial charge in [0.15, 0.2) is 0 Å². The van der Waals surface area contributed by atoms with E-state index in [0.717, 1.165) is 28.3 Å². The molecule has 1 aromatic heterocycles. The van der Waals surface area contributed by atoms with Crippen LogP contribution in [0, 0.1) is 19.8 Å². The average Bonchev–Trinajstić information content (AvgIpc) is 3.12. The highest BCUT2D eigenvalue weighted by Crippen LogP contribution is 2.22. The van der Waals surface area contributed by atoms with Crippen LogP contribution in [0.4, 0.5) is 5.69 Å². The van der Waals surface area contributed by atoms with Crippen molar-refractivity contribution in [1.82, 2.24) is 14.7 Å². The van der Waals surface area contributed by atoms with Crippen LogP contribution in [0.5, 0.6) is 0 Å². The fourth-order valence-corrected chi connectivity index (χ4v) is 4.10. The van der Waals surface area contributed by atoms with Gasteiger partial charge < -0.3 is 10.2 Å².